The predicted molar refractivity (Wildman–Crippen MR) is 91.0 cm³/mol. The molecule has 0 aliphatic carbocycles. The Balaban J connectivity index is 1.32. The molecule has 2 bridgehead atoms. The van der Waals surface area contributed by atoms with E-state index < -0.39 is 6.36 Å². The maximum absolute atomic E-state index is 12.2. The molecule has 2 aromatic carbocycles. The maximum atomic E-state index is 12.2. The van der Waals surface area contributed by atoms with E-state index in [-0.39, 0.29) is 11.9 Å². The highest BCUT2D eigenvalue weighted by molar-refractivity contribution is 5.30. The topological polar surface area (TPSA) is 30.5 Å². The van der Waals surface area contributed by atoms with Crippen LogP contribution < -0.4 is 10.1 Å². The van der Waals surface area contributed by atoms with Crippen molar-refractivity contribution in [1.82, 2.24) is 5.32 Å². The molecule has 4 rings (SSSR count). The van der Waals surface area contributed by atoms with E-state index in [9.17, 15) is 13.2 Å². The molecule has 3 atom stereocenters. The SMILES string of the molecule is FC(F)(F)Oc1ccc(CCc2ccc([C@H]3O[C@@H]4CN[C@H]3C4)cc2)cc1. The fourth-order valence-electron chi connectivity index (χ4n) is 3.70. The molecule has 138 valence electrons. The third-order valence-corrected chi connectivity index (χ3v) is 5.00. The van der Waals surface area contributed by atoms with Gasteiger partial charge < -0.3 is 14.8 Å². The summed E-state index contributed by atoms with van der Waals surface area (Å²) in [6.45, 7) is 0.950. The third kappa shape index (κ3) is 4.02. The van der Waals surface area contributed by atoms with Gasteiger partial charge in [-0.3, -0.25) is 0 Å². The van der Waals surface area contributed by atoms with Crippen LogP contribution in [0.1, 0.15) is 29.2 Å². The molecule has 2 heterocycles. The lowest BCUT2D eigenvalue weighted by atomic mass is 9.99. The number of ether oxygens (including phenoxy) is 2. The molecule has 6 heteroatoms. The van der Waals surface area contributed by atoms with Gasteiger partial charge in [0.25, 0.3) is 0 Å². The zero-order chi connectivity index (χ0) is 18.1. The number of hydrogen-bond acceptors (Lipinski definition) is 3. The van der Waals surface area contributed by atoms with Crippen LogP contribution in [0.5, 0.6) is 5.75 Å². The van der Waals surface area contributed by atoms with E-state index in [2.05, 4.69) is 34.3 Å². The van der Waals surface area contributed by atoms with Crippen molar-refractivity contribution in [3.8, 4) is 5.75 Å². The van der Waals surface area contributed by atoms with Gasteiger partial charge in [0, 0.05) is 12.6 Å². The molecule has 26 heavy (non-hydrogen) atoms. The number of aryl methyl sites for hydroxylation is 2. The average molecular weight is 363 g/mol. The lowest BCUT2D eigenvalue weighted by molar-refractivity contribution is -0.274. The maximum Gasteiger partial charge on any atom is 0.573 e. The van der Waals surface area contributed by atoms with E-state index in [1.807, 2.05) is 0 Å². The first-order valence-corrected chi connectivity index (χ1v) is 8.79. The second-order valence-electron chi connectivity index (χ2n) is 6.86. The highest BCUT2D eigenvalue weighted by Gasteiger charge is 2.41. The number of nitrogens with one attached hydrogen (secondary N) is 1. The fourth-order valence-corrected chi connectivity index (χ4v) is 3.70. The zero-order valence-electron chi connectivity index (χ0n) is 14.1. The van der Waals surface area contributed by atoms with E-state index in [0.717, 1.165) is 31.4 Å². The molecule has 2 aliphatic rings. The van der Waals surface area contributed by atoms with Crippen LogP contribution in [0.3, 0.4) is 0 Å². The van der Waals surface area contributed by atoms with E-state index in [1.165, 1.54) is 23.3 Å². The van der Waals surface area contributed by atoms with Gasteiger partial charge in [-0.05, 0) is 48.1 Å². The standard InChI is InChI=1S/C20H20F3NO2/c21-20(22,23)26-16-9-5-14(6-10-16)2-1-13-3-7-15(8-4-13)19-18-11-17(25-19)12-24-18/h3-10,17-19,24H,1-2,11-12H2/t17-,18-,19+/m0/s1. The van der Waals surface area contributed by atoms with Gasteiger partial charge in [-0.25, -0.2) is 0 Å². The van der Waals surface area contributed by atoms with Gasteiger partial charge in [0.2, 0.25) is 0 Å². The molecule has 0 aromatic heterocycles. The molecule has 0 radical (unpaired) electrons. The number of rotatable bonds is 5. The molecule has 0 unspecified atom stereocenters. The van der Waals surface area contributed by atoms with Crippen molar-refractivity contribution in [2.75, 3.05) is 6.54 Å². The van der Waals surface area contributed by atoms with E-state index >= 15 is 0 Å². The van der Waals surface area contributed by atoms with Crippen LogP contribution in [0.4, 0.5) is 13.2 Å². The van der Waals surface area contributed by atoms with Gasteiger partial charge in [0.05, 0.1) is 12.2 Å². The normalized spacial score (nSPS) is 24.8. The van der Waals surface area contributed by atoms with Crippen molar-refractivity contribution in [1.29, 1.82) is 0 Å². The largest absolute Gasteiger partial charge is 0.573 e. The Morgan fingerprint density at radius 1 is 0.962 bits per heavy atom. The summed E-state index contributed by atoms with van der Waals surface area (Å²) in [5, 5.41) is 3.48. The van der Waals surface area contributed by atoms with Crippen LogP contribution in [-0.2, 0) is 17.6 Å². The second-order valence-corrected chi connectivity index (χ2v) is 6.86. The number of benzene rings is 2. The molecule has 3 nitrogen and oxygen atoms in total. The highest BCUT2D eigenvalue weighted by atomic mass is 19.4. The Morgan fingerprint density at radius 2 is 1.58 bits per heavy atom. The lowest BCUT2D eigenvalue weighted by Gasteiger charge is -2.23. The molecule has 2 saturated heterocycles. The summed E-state index contributed by atoms with van der Waals surface area (Å²) < 4.78 is 46.4. The van der Waals surface area contributed by atoms with Gasteiger partial charge in [0.1, 0.15) is 5.75 Å². The number of fused-ring (bicyclic) bond motifs is 2. The first-order valence-electron chi connectivity index (χ1n) is 8.79. The zero-order valence-corrected chi connectivity index (χ0v) is 14.1. The molecule has 0 spiro atoms. The summed E-state index contributed by atoms with van der Waals surface area (Å²) in [6, 6.07) is 14.9. The first kappa shape index (κ1) is 17.4. The van der Waals surface area contributed by atoms with Crippen molar-refractivity contribution in [2.24, 2.45) is 0 Å². The molecular weight excluding hydrogens is 343 g/mol. The molecule has 1 N–H and O–H groups in total. The molecule has 2 fully saturated rings. The number of alkyl halides is 3. The minimum absolute atomic E-state index is 0.143. The van der Waals surface area contributed by atoms with Crippen molar-refractivity contribution in [3.05, 3.63) is 65.2 Å². The Labute approximate surface area is 150 Å². The fraction of sp³-hybridized carbons (Fsp3) is 0.400. The van der Waals surface area contributed by atoms with Crippen LogP contribution in [0.2, 0.25) is 0 Å². The van der Waals surface area contributed by atoms with Crippen molar-refractivity contribution < 1.29 is 22.6 Å². The minimum atomic E-state index is -4.65. The predicted octanol–water partition coefficient (Wildman–Crippen LogP) is 4.17. The highest BCUT2D eigenvalue weighted by Crippen LogP contribution is 2.36. The van der Waals surface area contributed by atoms with Crippen molar-refractivity contribution >= 4 is 0 Å². The molecular formula is C20H20F3NO2. The molecule has 2 aliphatic heterocycles. The van der Waals surface area contributed by atoms with Gasteiger partial charge in [-0.1, -0.05) is 36.4 Å². The summed E-state index contributed by atoms with van der Waals surface area (Å²) >= 11 is 0. The smallest absolute Gasteiger partial charge is 0.406 e. The Hall–Kier alpha value is -2.05. The van der Waals surface area contributed by atoms with Crippen LogP contribution >= 0.6 is 0 Å². The first-order chi connectivity index (χ1) is 12.5. The van der Waals surface area contributed by atoms with Gasteiger partial charge in [-0.15, -0.1) is 13.2 Å². The summed E-state index contributed by atoms with van der Waals surface area (Å²) in [5.41, 5.74) is 3.37. The van der Waals surface area contributed by atoms with Crippen LogP contribution in [0.15, 0.2) is 48.5 Å². The number of hydrogen-bond donors (Lipinski definition) is 1. The monoisotopic (exact) mass is 363 g/mol. The molecule has 0 saturated carbocycles. The Kier molecular flexibility index (Phi) is 4.63. The Morgan fingerprint density at radius 3 is 2.08 bits per heavy atom. The van der Waals surface area contributed by atoms with Crippen molar-refractivity contribution in [3.63, 3.8) is 0 Å². The second kappa shape index (κ2) is 6.93. The minimum Gasteiger partial charge on any atom is -0.406 e. The lowest BCUT2D eigenvalue weighted by Crippen LogP contribution is -2.33. The van der Waals surface area contributed by atoms with E-state index in [4.69, 9.17) is 4.74 Å². The summed E-state index contributed by atoms with van der Waals surface area (Å²) in [4.78, 5) is 0. The van der Waals surface area contributed by atoms with Gasteiger partial charge in [-0.2, -0.15) is 0 Å². The number of halogens is 3. The van der Waals surface area contributed by atoms with E-state index in [0.29, 0.717) is 12.1 Å². The van der Waals surface area contributed by atoms with Gasteiger partial charge >= 0.3 is 6.36 Å². The van der Waals surface area contributed by atoms with Crippen LogP contribution in [-0.4, -0.2) is 25.1 Å². The third-order valence-electron chi connectivity index (χ3n) is 5.00. The average Bonchev–Trinajstić information content (AvgIpc) is 3.24. The van der Waals surface area contributed by atoms with Crippen LogP contribution in [0, 0.1) is 0 Å². The molecule has 0 amide bonds. The summed E-state index contributed by atoms with van der Waals surface area (Å²) in [5.74, 6) is -0.190. The summed E-state index contributed by atoms with van der Waals surface area (Å²) in [6.07, 6.45) is -1.49. The quantitative estimate of drug-likeness (QED) is 0.865. The van der Waals surface area contributed by atoms with E-state index in [1.54, 1.807) is 12.1 Å². The van der Waals surface area contributed by atoms with Crippen LogP contribution in [0.25, 0.3) is 0 Å². The van der Waals surface area contributed by atoms with Crippen molar-refractivity contribution in [2.45, 2.75) is 43.9 Å². The van der Waals surface area contributed by atoms with Gasteiger partial charge in [0.15, 0.2) is 0 Å². The Bertz CT molecular complexity index is 743. The number of morpholine rings is 1. The summed E-state index contributed by atoms with van der Waals surface area (Å²) in [7, 11) is 0. The molecule has 2 aromatic rings.